The summed E-state index contributed by atoms with van der Waals surface area (Å²) in [6.45, 7) is 1.34. The number of hydrogen-bond acceptors (Lipinski definition) is 3. The molecule has 15 heavy (non-hydrogen) atoms. The highest BCUT2D eigenvalue weighted by Gasteiger charge is 2.26. The summed E-state index contributed by atoms with van der Waals surface area (Å²) in [5.41, 5.74) is 5.71. The van der Waals surface area contributed by atoms with Crippen LogP contribution in [0.25, 0.3) is 0 Å². The Morgan fingerprint density at radius 2 is 2.33 bits per heavy atom. The molecule has 2 heterocycles. The summed E-state index contributed by atoms with van der Waals surface area (Å²) in [4.78, 5) is 13.5. The van der Waals surface area contributed by atoms with E-state index < -0.39 is 0 Å². The average molecular weight is 296 g/mol. The van der Waals surface area contributed by atoms with Crippen LogP contribution in [0.15, 0.2) is 21.2 Å². The Morgan fingerprint density at radius 3 is 2.80 bits per heavy atom. The highest BCUT2D eigenvalue weighted by molar-refractivity contribution is 9.10. The standard InChI is InChI=1S/C9H11BrN2O2.ClH/c10-8-2-1-7(14-8)9(13)12-4-3-6(11)5-12;/h1-2,6H,3-5,11H2;1H/t6-;/m1./s1. The van der Waals surface area contributed by atoms with Crippen molar-refractivity contribution in [3.8, 4) is 0 Å². The summed E-state index contributed by atoms with van der Waals surface area (Å²) < 4.78 is 5.75. The van der Waals surface area contributed by atoms with Crippen LogP contribution in [0.3, 0.4) is 0 Å². The van der Waals surface area contributed by atoms with Crippen molar-refractivity contribution in [2.24, 2.45) is 5.73 Å². The van der Waals surface area contributed by atoms with Crippen molar-refractivity contribution >= 4 is 34.2 Å². The van der Waals surface area contributed by atoms with Crippen LogP contribution in [0.4, 0.5) is 0 Å². The van der Waals surface area contributed by atoms with E-state index in [1.54, 1.807) is 17.0 Å². The molecule has 1 aliphatic heterocycles. The van der Waals surface area contributed by atoms with E-state index >= 15 is 0 Å². The molecule has 1 amide bonds. The van der Waals surface area contributed by atoms with Gasteiger partial charge in [-0.05, 0) is 34.5 Å². The van der Waals surface area contributed by atoms with Crippen LogP contribution in [-0.2, 0) is 0 Å². The molecule has 0 spiro atoms. The molecule has 0 saturated carbocycles. The molecule has 0 aromatic carbocycles. The topological polar surface area (TPSA) is 59.5 Å². The number of hydrogen-bond donors (Lipinski definition) is 1. The first-order valence-electron chi connectivity index (χ1n) is 4.47. The van der Waals surface area contributed by atoms with E-state index in [0.29, 0.717) is 17.0 Å². The minimum atomic E-state index is -0.0800. The van der Waals surface area contributed by atoms with Gasteiger partial charge in [0, 0.05) is 19.1 Å². The summed E-state index contributed by atoms with van der Waals surface area (Å²) >= 11 is 3.16. The van der Waals surface area contributed by atoms with Crippen molar-refractivity contribution in [2.75, 3.05) is 13.1 Å². The Balaban J connectivity index is 0.00000112. The van der Waals surface area contributed by atoms with Crippen molar-refractivity contribution in [2.45, 2.75) is 12.5 Å². The second-order valence-corrected chi connectivity index (χ2v) is 4.19. The molecule has 1 aromatic rings. The monoisotopic (exact) mass is 294 g/mol. The Morgan fingerprint density at radius 1 is 1.60 bits per heavy atom. The lowest BCUT2D eigenvalue weighted by molar-refractivity contribution is 0.0758. The highest BCUT2D eigenvalue weighted by Crippen LogP contribution is 2.17. The molecule has 1 fully saturated rings. The molecule has 0 radical (unpaired) electrons. The van der Waals surface area contributed by atoms with Gasteiger partial charge in [0.05, 0.1) is 0 Å². The molecule has 2 N–H and O–H groups in total. The molecule has 4 nitrogen and oxygen atoms in total. The van der Waals surface area contributed by atoms with Gasteiger partial charge in [0.15, 0.2) is 10.4 Å². The molecule has 1 aromatic heterocycles. The zero-order valence-corrected chi connectivity index (χ0v) is 10.4. The van der Waals surface area contributed by atoms with Gasteiger partial charge >= 0.3 is 0 Å². The van der Waals surface area contributed by atoms with Gasteiger partial charge in [0.25, 0.3) is 5.91 Å². The number of rotatable bonds is 1. The minimum absolute atomic E-state index is 0. The molecule has 0 aliphatic carbocycles. The van der Waals surface area contributed by atoms with Crippen molar-refractivity contribution in [3.05, 3.63) is 22.6 Å². The van der Waals surface area contributed by atoms with Gasteiger partial charge in [0.2, 0.25) is 0 Å². The van der Waals surface area contributed by atoms with E-state index in [0.717, 1.165) is 13.0 Å². The second kappa shape index (κ2) is 5.01. The molecular formula is C9H12BrClN2O2. The Kier molecular flexibility index (Phi) is 4.19. The number of furan rings is 1. The number of amides is 1. The maximum Gasteiger partial charge on any atom is 0.289 e. The Labute approximate surface area is 102 Å². The molecular weight excluding hydrogens is 283 g/mol. The quantitative estimate of drug-likeness (QED) is 0.857. The fraction of sp³-hybridized carbons (Fsp3) is 0.444. The fourth-order valence-corrected chi connectivity index (χ4v) is 1.86. The van der Waals surface area contributed by atoms with Gasteiger partial charge in [-0.15, -0.1) is 12.4 Å². The molecule has 2 rings (SSSR count). The third kappa shape index (κ3) is 2.74. The predicted molar refractivity (Wildman–Crippen MR) is 62.2 cm³/mol. The number of nitrogens with two attached hydrogens (primary N) is 1. The van der Waals surface area contributed by atoms with Crippen LogP contribution in [-0.4, -0.2) is 29.9 Å². The average Bonchev–Trinajstić information content (AvgIpc) is 2.73. The Bertz CT molecular complexity index is 356. The van der Waals surface area contributed by atoms with Crippen LogP contribution in [0, 0.1) is 0 Å². The van der Waals surface area contributed by atoms with E-state index in [1.807, 2.05) is 0 Å². The number of halogens is 2. The number of carbonyl (C=O) groups excluding carboxylic acids is 1. The van der Waals surface area contributed by atoms with Gasteiger partial charge in [0.1, 0.15) is 0 Å². The van der Waals surface area contributed by atoms with E-state index in [4.69, 9.17) is 10.2 Å². The number of likely N-dealkylation sites (tertiary alicyclic amines) is 1. The highest BCUT2D eigenvalue weighted by atomic mass is 79.9. The first-order chi connectivity index (χ1) is 6.66. The van der Waals surface area contributed by atoms with E-state index in [2.05, 4.69) is 15.9 Å². The lowest BCUT2D eigenvalue weighted by Gasteiger charge is -2.13. The van der Waals surface area contributed by atoms with Crippen molar-refractivity contribution < 1.29 is 9.21 Å². The fourth-order valence-electron chi connectivity index (χ4n) is 1.56. The van der Waals surface area contributed by atoms with Crippen molar-refractivity contribution in [1.82, 2.24) is 4.90 Å². The van der Waals surface area contributed by atoms with E-state index in [9.17, 15) is 4.79 Å². The molecule has 1 saturated heterocycles. The predicted octanol–water partition coefficient (Wildman–Crippen LogP) is 1.64. The summed E-state index contributed by atoms with van der Waals surface area (Å²) in [5, 5.41) is 0. The SMILES string of the molecule is Cl.N[C@@H]1CCN(C(=O)c2ccc(Br)o2)C1. The molecule has 0 unspecified atom stereocenters. The largest absolute Gasteiger partial charge is 0.444 e. The molecule has 0 bridgehead atoms. The summed E-state index contributed by atoms with van der Waals surface area (Å²) in [6.07, 6.45) is 0.869. The molecule has 1 atom stereocenters. The lowest BCUT2D eigenvalue weighted by Crippen LogP contribution is -2.31. The van der Waals surface area contributed by atoms with Crippen LogP contribution in [0.5, 0.6) is 0 Å². The summed E-state index contributed by atoms with van der Waals surface area (Å²) in [5.74, 6) is 0.287. The van der Waals surface area contributed by atoms with Gasteiger partial charge in [-0.1, -0.05) is 0 Å². The molecule has 1 aliphatic rings. The first-order valence-corrected chi connectivity index (χ1v) is 5.26. The number of nitrogens with zero attached hydrogens (tertiary/aromatic N) is 1. The van der Waals surface area contributed by atoms with E-state index in [-0.39, 0.29) is 24.4 Å². The first kappa shape index (κ1) is 12.5. The molecule has 6 heteroatoms. The van der Waals surface area contributed by atoms with E-state index in [1.165, 1.54) is 0 Å². The van der Waals surface area contributed by atoms with Crippen LogP contribution in [0.2, 0.25) is 0 Å². The number of carbonyl (C=O) groups is 1. The van der Waals surface area contributed by atoms with Crippen LogP contribution >= 0.6 is 28.3 Å². The maximum absolute atomic E-state index is 11.8. The van der Waals surface area contributed by atoms with Crippen molar-refractivity contribution in [1.29, 1.82) is 0 Å². The zero-order chi connectivity index (χ0) is 10.1. The smallest absolute Gasteiger partial charge is 0.289 e. The third-order valence-electron chi connectivity index (χ3n) is 2.30. The van der Waals surface area contributed by atoms with Crippen molar-refractivity contribution in [3.63, 3.8) is 0 Å². The van der Waals surface area contributed by atoms with Crippen LogP contribution in [0.1, 0.15) is 17.0 Å². The molecule has 84 valence electrons. The van der Waals surface area contributed by atoms with Gasteiger partial charge in [-0.3, -0.25) is 4.79 Å². The van der Waals surface area contributed by atoms with Gasteiger partial charge < -0.3 is 15.1 Å². The zero-order valence-electron chi connectivity index (χ0n) is 7.98. The lowest BCUT2D eigenvalue weighted by atomic mass is 10.3. The van der Waals surface area contributed by atoms with Gasteiger partial charge in [-0.25, -0.2) is 0 Å². The Hall–Kier alpha value is -0.520. The summed E-state index contributed by atoms with van der Waals surface area (Å²) in [7, 11) is 0. The summed E-state index contributed by atoms with van der Waals surface area (Å²) in [6, 6.07) is 3.48. The second-order valence-electron chi connectivity index (χ2n) is 3.40. The van der Waals surface area contributed by atoms with Crippen LogP contribution < -0.4 is 5.73 Å². The normalized spacial score (nSPS) is 20.1. The van der Waals surface area contributed by atoms with Gasteiger partial charge in [-0.2, -0.15) is 0 Å². The minimum Gasteiger partial charge on any atom is -0.444 e. The third-order valence-corrected chi connectivity index (χ3v) is 2.72. The maximum atomic E-state index is 11.8.